The van der Waals surface area contributed by atoms with Crippen molar-refractivity contribution in [2.75, 3.05) is 13.1 Å². The molecule has 2 aromatic rings. The molecule has 1 amide bonds. The van der Waals surface area contributed by atoms with E-state index >= 15 is 0 Å². The summed E-state index contributed by atoms with van der Waals surface area (Å²) >= 11 is 0. The van der Waals surface area contributed by atoms with E-state index in [4.69, 9.17) is 5.26 Å². The van der Waals surface area contributed by atoms with Gasteiger partial charge in [-0.3, -0.25) is 4.79 Å². The van der Waals surface area contributed by atoms with Crippen LogP contribution in [0.25, 0.3) is 11.1 Å². The first-order valence-corrected chi connectivity index (χ1v) is 7.68. The number of benzene rings is 2. The Morgan fingerprint density at radius 2 is 1.41 bits per heavy atom. The lowest BCUT2D eigenvalue weighted by atomic mass is 10.0. The van der Waals surface area contributed by atoms with E-state index in [0.717, 1.165) is 42.6 Å². The summed E-state index contributed by atoms with van der Waals surface area (Å²) < 4.78 is 0. The van der Waals surface area contributed by atoms with Crippen LogP contribution in [0.15, 0.2) is 48.5 Å². The second-order valence-electron chi connectivity index (χ2n) is 5.62. The third kappa shape index (κ3) is 3.01. The molecule has 0 bridgehead atoms. The number of carbonyl (C=O) groups excluding carboxylic acids is 1. The molecule has 22 heavy (non-hydrogen) atoms. The highest BCUT2D eigenvalue weighted by Crippen LogP contribution is 2.21. The van der Waals surface area contributed by atoms with Crippen LogP contribution in [-0.2, 0) is 0 Å². The normalized spacial score (nSPS) is 14.4. The maximum atomic E-state index is 12.4. The predicted molar refractivity (Wildman–Crippen MR) is 86.3 cm³/mol. The highest BCUT2D eigenvalue weighted by atomic mass is 16.2. The number of carbonyl (C=O) groups is 1. The molecule has 0 radical (unpaired) electrons. The van der Waals surface area contributed by atoms with Crippen molar-refractivity contribution in [3.63, 3.8) is 0 Å². The number of amides is 1. The molecule has 0 unspecified atom stereocenters. The first kappa shape index (κ1) is 14.3. The van der Waals surface area contributed by atoms with Crippen LogP contribution in [0.2, 0.25) is 0 Å². The number of nitriles is 1. The molecule has 1 saturated heterocycles. The number of hydrogen-bond acceptors (Lipinski definition) is 2. The second-order valence-corrected chi connectivity index (χ2v) is 5.62. The molecule has 0 N–H and O–H groups in total. The van der Waals surface area contributed by atoms with Crippen LogP contribution in [-0.4, -0.2) is 23.9 Å². The Kier molecular flexibility index (Phi) is 4.20. The molecule has 0 aromatic heterocycles. The predicted octanol–water partition coefficient (Wildman–Crippen LogP) is 3.85. The minimum Gasteiger partial charge on any atom is -0.339 e. The highest BCUT2D eigenvalue weighted by molar-refractivity contribution is 5.94. The molecule has 3 rings (SSSR count). The van der Waals surface area contributed by atoms with Gasteiger partial charge in [-0.2, -0.15) is 5.26 Å². The Morgan fingerprint density at radius 3 is 1.95 bits per heavy atom. The largest absolute Gasteiger partial charge is 0.339 e. The molecule has 0 aliphatic carbocycles. The van der Waals surface area contributed by atoms with E-state index in [-0.39, 0.29) is 5.91 Å². The van der Waals surface area contributed by atoms with Gasteiger partial charge in [0.05, 0.1) is 11.6 Å². The SMILES string of the molecule is N#Cc1ccc(-c2ccc(C(=O)N3CCCCC3)cc2)cc1. The molecule has 0 atom stereocenters. The lowest BCUT2D eigenvalue weighted by Gasteiger charge is -2.26. The minimum absolute atomic E-state index is 0.131. The molecule has 3 heteroatoms. The Morgan fingerprint density at radius 1 is 0.864 bits per heavy atom. The van der Waals surface area contributed by atoms with E-state index in [2.05, 4.69) is 6.07 Å². The third-order valence-corrected chi connectivity index (χ3v) is 4.12. The van der Waals surface area contributed by atoms with Gasteiger partial charge in [-0.1, -0.05) is 24.3 Å². The van der Waals surface area contributed by atoms with Gasteiger partial charge in [-0.15, -0.1) is 0 Å². The highest BCUT2D eigenvalue weighted by Gasteiger charge is 2.17. The van der Waals surface area contributed by atoms with Crippen molar-refractivity contribution < 1.29 is 4.79 Å². The van der Waals surface area contributed by atoms with Gasteiger partial charge in [0.1, 0.15) is 0 Å². The molecule has 3 nitrogen and oxygen atoms in total. The van der Waals surface area contributed by atoms with Gasteiger partial charge in [-0.05, 0) is 54.7 Å². The molecule has 2 aromatic carbocycles. The van der Waals surface area contributed by atoms with Crippen molar-refractivity contribution in [3.8, 4) is 17.2 Å². The third-order valence-electron chi connectivity index (χ3n) is 4.12. The van der Waals surface area contributed by atoms with Crippen molar-refractivity contribution in [1.29, 1.82) is 5.26 Å². The van der Waals surface area contributed by atoms with Crippen LogP contribution >= 0.6 is 0 Å². The van der Waals surface area contributed by atoms with Crippen molar-refractivity contribution in [2.24, 2.45) is 0 Å². The Labute approximate surface area is 130 Å². The van der Waals surface area contributed by atoms with Crippen LogP contribution in [0.4, 0.5) is 0 Å². The maximum absolute atomic E-state index is 12.4. The van der Waals surface area contributed by atoms with Crippen LogP contribution in [0.1, 0.15) is 35.2 Å². The Balaban J connectivity index is 1.77. The van der Waals surface area contributed by atoms with Crippen LogP contribution < -0.4 is 0 Å². The zero-order chi connectivity index (χ0) is 15.4. The van der Waals surface area contributed by atoms with Gasteiger partial charge in [0.2, 0.25) is 0 Å². The van der Waals surface area contributed by atoms with E-state index in [1.54, 1.807) is 0 Å². The fourth-order valence-corrected chi connectivity index (χ4v) is 2.82. The van der Waals surface area contributed by atoms with Crippen molar-refractivity contribution in [3.05, 3.63) is 59.7 Å². The zero-order valence-electron chi connectivity index (χ0n) is 12.5. The maximum Gasteiger partial charge on any atom is 0.253 e. The average molecular weight is 290 g/mol. The van der Waals surface area contributed by atoms with Gasteiger partial charge in [-0.25, -0.2) is 0 Å². The van der Waals surface area contributed by atoms with Crippen molar-refractivity contribution >= 4 is 5.91 Å². The number of nitrogens with zero attached hydrogens (tertiary/aromatic N) is 2. The van der Waals surface area contributed by atoms with Gasteiger partial charge in [0.15, 0.2) is 0 Å². The summed E-state index contributed by atoms with van der Waals surface area (Å²) in [6.45, 7) is 1.74. The number of piperidine rings is 1. The van der Waals surface area contributed by atoms with Crippen LogP contribution in [0, 0.1) is 11.3 Å². The second kappa shape index (κ2) is 6.44. The fraction of sp³-hybridized carbons (Fsp3) is 0.263. The van der Waals surface area contributed by atoms with Crippen molar-refractivity contribution in [1.82, 2.24) is 4.90 Å². The average Bonchev–Trinajstić information content (AvgIpc) is 2.62. The summed E-state index contributed by atoms with van der Waals surface area (Å²) in [6, 6.07) is 17.3. The molecular formula is C19H18N2O. The topological polar surface area (TPSA) is 44.1 Å². The Bertz CT molecular complexity index is 690. The first-order chi connectivity index (χ1) is 10.8. The zero-order valence-corrected chi connectivity index (χ0v) is 12.5. The van der Waals surface area contributed by atoms with Gasteiger partial charge in [0.25, 0.3) is 5.91 Å². The molecule has 0 saturated carbocycles. The van der Waals surface area contributed by atoms with Crippen LogP contribution in [0.3, 0.4) is 0 Å². The molecule has 110 valence electrons. The summed E-state index contributed by atoms with van der Waals surface area (Å²) in [5.74, 6) is 0.131. The molecule has 1 aliphatic rings. The standard InChI is InChI=1S/C19H18N2O/c20-14-15-4-6-16(7-5-15)17-8-10-18(11-9-17)19(22)21-12-2-1-3-13-21/h4-11H,1-3,12-13H2. The summed E-state index contributed by atoms with van der Waals surface area (Å²) in [5.41, 5.74) is 3.51. The fourth-order valence-electron chi connectivity index (χ4n) is 2.82. The summed E-state index contributed by atoms with van der Waals surface area (Å²) in [7, 11) is 0. The summed E-state index contributed by atoms with van der Waals surface area (Å²) in [6.07, 6.45) is 3.44. The quantitative estimate of drug-likeness (QED) is 0.843. The molecular weight excluding hydrogens is 272 g/mol. The molecule has 0 spiro atoms. The smallest absolute Gasteiger partial charge is 0.253 e. The van der Waals surface area contributed by atoms with Gasteiger partial charge >= 0.3 is 0 Å². The van der Waals surface area contributed by atoms with E-state index in [1.165, 1.54) is 6.42 Å². The lowest BCUT2D eigenvalue weighted by molar-refractivity contribution is 0.0724. The van der Waals surface area contributed by atoms with Gasteiger partial charge in [0, 0.05) is 18.7 Å². The van der Waals surface area contributed by atoms with Gasteiger partial charge < -0.3 is 4.90 Å². The number of likely N-dealkylation sites (tertiary alicyclic amines) is 1. The number of rotatable bonds is 2. The summed E-state index contributed by atoms with van der Waals surface area (Å²) in [4.78, 5) is 14.4. The monoisotopic (exact) mass is 290 g/mol. The van der Waals surface area contributed by atoms with E-state index in [0.29, 0.717) is 5.56 Å². The van der Waals surface area contributed by atoms with E-state index in [9.17, 15) is 4.79 Å². The van der Waals surface area contributed by atoms with Crippen LogP contribution in [0.5, 0.6) is 0 Å². The van der Waals surface area contributed by atoms with E-state index < -0.39 is 0 Å². The molecule has 1 aliphatic heterocycles. The Hall–Kier alpha value is -2.60. The lowest BCUT2D eigenvalue weighted by Crippen LogP contribution is -2.35. The number of hydrogen-bond donors (Lipinski definition) is 0. The summed E-state index contributed by atoms with van der Waals surface area (Å²) in [5, 5.41) is 8.83. The molecule has 1 fully saturated rings. The van der Waals surface area contributed by atoms with Crippen molar-refractivity contribution in [2.45, 2.75) is 19.3 Å². The minimum atomic E-state index is 0.131. The molecule has 1 heterocycles. The first-order valence-electron chi connectivity index (χ1n) is 7.68. The van der Waals surface area contributed by atoms with E-state index in [1.807, 2.05) is 53.4 Å².